The van der Waals surface area contributed by atoms with Crippen LogP contribution in [-0.2, 0) is 38.5 Å². The van der Waals surface area contributed by atoms with Crippen LogP contribution in [0, 0.1) is 11.8 Å². The minimum atomic E-state index is -2.31. The smallest absolute Gasteiger partial charge is 1.00 e. The Morgan fingerprint density at radius 2 is 1.34 bits per heavy atom. The molecular formula is C41H50Cl2Zr. The fourth-order valence-corrected chi connectivity index (χ4v) is 19.9. The van der Waals surface area contributed by atoms with Crippen LogP contribution in [0.25, 0.3) is 22.3 Å². The SMILES string of the molecule is CC1=CC(C)(C)c2cc3c(cc21)-c1cc2c(cc1C3)C(C)(C)[C]([Zr+2]([C]1=C(C)C(C(C)C)=CC1C)=[C]1CCCCC1)=C2C.[Cl-].[Cl-]. The van der Waals surface area contributed by atoms with Gasteiger partial charge in [-0.3, -0.25) is 0 Å². The molecule has 2 aromatic carbocycles. The van der Waals surface area contributed by atoms with E-state index in [-0.39, 0.29) is 35.6 Å². The zero-order chi connectivity index (χ0) is 29.9. The summed E-state index contributed by atoms with van der Waals surface area (Å²) in [7, 11) is 0. The van der Waals surface area contributed by atoms with Crippen molar-refractivity contribution in [3.05, 3.63) is 87.5 Å². The third kappa shape index (κ3) is 4.97. The van der Waals surface area contributed by atoms with Gasteiger partial charge in [-0.15, -0.1) is 0 Å². The summed E-state index contributed by atoms with van der Waals surface area (Å²) >= 11 is -2.31. The minimum Gasteiger partial charge on any atom is -1.00 e. The molecule has 44 heavy (non-hydrogen) atoms. The van der Waals surface area contributed by atoms with Crippen LogP contribution in [0.15, 0.2) is 54.1 Å². The Morgan fingerprint density at radius 1 is 0.750 bits per heavy atom. The van der Waals surface area contributed by atoms with Gasteiger partial charge in [-0.1, -0.05) is 0 Å². The second kappa shape index (κ2) is 11.8. The van der Waals surface area contributed by atoms with E-state index in [1.165, 1.54) is 65.5 Å². The normalized spacial score (nSPS) is 22.0. The van der Waals surface area contributed by atoms with Crippen molar-refractivity contribution in [2.45, 2.75) is 119 Å². The molecular weight excluding hydrogens is 655 g/mol. The number of halogens is 2. The number of hydrogen-bond donors (Lipinski definition) is 0. The zero-order valence-corrected chi connectivity index (χ0v) is 32.6. The predicted molar refractivity (Wildman–Crippen MR) is 180 cm³/mol. The van der Waals surface area contributed by atoms with Crippen LogP contribution in [0.4, 0.5) is 0 Å². The van der Waals surface area contributed by atoms with Gasteiger partial charge in [0.2, 0.25) is 0 Å². The first-order valence-electron chi connectivity index (χ1n) is 16.7. The minimum absolute atomic E-state index is 0. The van der Waals surface area contributed by atoms with Crippen LogP contribution in [0.3, 0.4) is 0 Å². The van der Waals surface area contributed by atoms with Gasteiger partial charge in [0.05, 0.1) is 0 Å². The molecule has 0 spiro atoms. The van der Waals surface area contributed by atoms with E-state index in [4.69, 9.17) is 0 Å². The summed E-state index contributed by atoms with van der Waals surface area (Å²) in [5, 5.41) is 0. The first-order chi connectivity index (χ1) is 19.8. The maximum Gasteiger partial charge on any atom is -1.00 e. The topological polar surface area (TPSA) is 0 Å². The molecule has 3 heteroatoms. The molecule has 5 aliphatic carbocycles. The predicted octanol–water partition coefficient (Wildman–Crippen LogP) is 5.24. The molecule has 1 fully saturated rings. The molecule has 0 bridgehead atoms. The van der Waals surface area contributed by atoms with E-state index in [1.54, 1.807) is 33.4 Å². The Hall–Kier alpha value is -1.27. The Bertz CT molecular complexity index is 1730. The second-order valence-electron chi connectivity index (χ2n) is 15.6. The van der Waals surface area contributed by atoms with Crippen LogP contribution in [0.5, 0.6) is 0 Å². The number of fused-ring (bicyclic) bond motifs is 5. The maximum absolute atomic E-state index is 2.66. The van der Waals surface area contributed by atoms with Crippen molar-refractivity contribution >= 4 is 14.4 Å². The van der Waals surface area contributed by atoms with Crippen molar-refractivity contribution in [3.8, 4) is 11.1 Å². The summed E-state index contributed by atoms with van der Waals surface area (Å²) in [6, 6.07) is 10.4. The summed E-state index contributed by atoms with van der Waals surface area (Å²) in [6.45, 7) is 24.5. The van der Waals surface area contributed by atoms with Gasteiger partial charge in [0.25, 0.3) is 0 Å². The van der Waals surface area contributed by atoms with E-state index in [1.807, 2.05) is 9.77 Å². The summed E-state index contributed by atoms with van der Waals surface area (Å²) in [5.41, 5.74) is 18.9. The Morgan fingerprint density at radius 3 is 1.93 bits per heavy atom. The first kappa shape index (κ1) is 34.1. The average molecular weight is 705 g/mol. The summed E-state index contributed by atoms with van der Waals surface area (Å²) < 4.78 is 5.82. The van der Waals surface area contributed by atoms with Crippen LogP contribution in [0.2, 0.25) is 0 Å². The van der Waals surface area contributed by atoms with E-state index in [0.29, 0.717) is 11.8 Å². The molecule has 0 radical (unpaired) electrons. The van der Waals surface area contributed by atoms with Crippen molar-refractivity contribution in [2.24, 2.45) is 11.8 Å². The molecule has 1 unspecified atom stereocenters. The molecule has 0 aliphatic heterocycles. The van der Waals surface area contributed by atoms with Crippen molar-refractivity contribution in [2.75, 3.05) is 0 Å². The quantitative estimate of drug-likeness (QED) is 0.350. The van der Waals surface area contributed by atoms with Gasteiger partial charge >= 0.3 is 265 Å². The van der Waals surface area contributed by atoms with Crippen molar-refractivity contribution in [1.29, 1.82) is 0 Å². The van der Waals surface area contributed by atoms with Gasteiger partial charge in [-0.25, -0.2) is 0 Å². The van der Waals surface area contributed by atoms with Crippen molar-refractivity contribution < 1.29 is 46.1 Å². The summed E-state index contributed by atoms with van der Waals surface area (Å²) in [6.07, 6.45) is 13.2. The standard InChI is InChI=1S/C25H25.C10H15.C6H10.2ClH.Zr/c1-14-12-24(3,4)22-8-16-7-17-9-23-19(15(2)13-25(23,5)6)11-21(17)20(16)10-18(14)22;1-7(2)10-6-8(3)5-9(10)4;1-2-4-6-5-3-1;;;/h8-12H,7H2,1-6H3;6-8H,1-4H3;1-5H2;2*1H;/q;;;;;+2/p-2. The first-order valence-corrected chi connectivity index (χ1v) is 20.4. The Kier molecular flexibility index (Phi) is 9.11. The van der Waals surface area contributed by atoms with E-state index in [2.05, 4.69) is 106 Å². The molecule has 0 N–H and O–H groups in total. The van der Waals surface area contributed by atoms with Crippen LogP contribution >= 0.6 is 0 Å². The van der Waals surface area contributed by atoms with Gasteiger partial charge in [0.1, 0.15) is 0 Å². The van der Waals surface area contributed by atoms with Crippen LogP contribution in [0.1, 0.15) is 135 Å². The molecule has 0 saturated heterocycles. The molecule has 0 amide bonds. The summed E-state index contributed by atoms with van der Waals surface area (Å²) in [5.74, 6) is 1.22. The third-order valence-corrected chi connectivity index (χ3v) is 21.6. The molecule has 1 atom stereocenters. The van der Waals surface area contributed by atoms with Crippen molar-refractivity contribution in [1.82, 2.24) is 0 Å². The molecule has 0 heterocycles. The van der Waals surface area contributed by atoms with E-state index >= 15 is 0 Å². The number of hydrogen-bond acceptors (Lipinski definition) is 0. The molecule has 0 nitrogen and oxygen atoms in total. The fourth-order valence-electron chi connectivity index (χ4n) is 9.66. The number of benzene rings is 2. The number of allylic oxidation sites excluding steroid dienone is 8. The maximum atomic E-state index is 2.66. The molecule has 2 aromatic rings. The molecule has 7 rings (SSSR count). The number of rotatable bonds is 3. The van der Waals surface area contributed by atoms with E-state index in [0.717, 1.165) is 6.42 Å². The molecule has 5 aliphatic rings. The molecule has 232 valence electrons. The van der Waals surface area contributed by atoms with E-state index < -0.39 is 21.3 Å². The van der Waals surface area contributed by atoms with Gasteiger partial charge in [0.15, 0.2) is 0 Å². The van der Waals surface area contributed by atoms with Crippen LogP contribution < -0.4 is 24.8 Å². The second-order valence-corrected chi connectivity index (χ2v) is 21.7. The fraction of sp³-hybridized carbons (Fsp3) is 0.488. The van der Waals surface area contributed by atoms with Crippen molar-refractivity contribution in [3.63, 3.8) is 0 Å². The Balaban J connectivity index is 0.00000192. The molecule has 0 aromatic heterocycles. The monoisotopic (exact) mass is 702 g/mol. The largest absolute Gasteiger partial charge is 1.00 e. The Labute approximate surface area is 287 Å². The van der Waals surface area contributed by atoms with E-state index in [9.17, 15) is 0 Å². The van der Waals surface area contributed by atoms with Crippen LogP contribution in [-0.4, -0.2) is 3.21 Å². The van der Waals surface area contributed by atoms with Gasteiger partial charge < -0.3 is 24.8 Å². The van der Waals surface area contributed by atoms with Gasteiger partial charge in [-0.05, 0) is 0 Å². The average Bonchev–Trinajstić information content (AvgIpc) is 3.57. The third-order valence-electron chi connectivity index (χ3n) is 11.6. The summed E-state index contributed by atoms with van der Waals surface area (Å²) in [4.78, 5) is 0. The van der Waals surface area contributed by atoms with Gasteiger partial charge in [-0.2, -0.15) is 0 Å². The molecule has 1 saturated carbocycles. The van der Waals surface area contributed by atoms with Gasteiger partial charge in [0, 0.05) is 0 Å². The zero-order valence-electron chi connectivity index (χ0n) is 28.6.